The molecule has 1 fully saturated rings. The van der Waals surface area contributed by atoms with Gasteiger partial charge in [0.25, 0.3) is 0 Å². The summed E-state index contributed by atoms with van der Waals surface area (Å²) in [5, 5.41) is 2.83. The first-order valence-corrected chi connectivity index (χ1v) is 4.77. The molecular weight excluding hydrogens is 183 g/mol. The van der Waals surface area contributed by atoms with Gasteiger partial charge in [0, 0.05) is 19.0 Å². The Kier molecular flexibility index (Phi) is 2.58. The van der Waals surface area contributed by atoms with E-state index < -0.39 is 0 Å². The third-order valence-electron chi connectivity index (χ3n) is 2.22. The van der Waals surface area contributed by atoms with Crippen molar-refractivity contribution in [2.75, 3.05) is 18.4 Å². The molecule has 0 saturated heterocycles. The molecule has 1 aliphatic rings. The van der Waals surface area contributed by atoms with Gasteiger partial charge in [-0.25, -0.2) is 14.4 Å². The Hall–Kier alpha value is -1.23. The van der Waals surface area contributed by atoms with Crippen LogP contribution >= 0.6 is 0 Å². The highest BCUT2D eigenvalue weighted by Crippen LogP contribution is 2.40. The van der Waals surface area contributed by atoms with E-state index in [1.165, 1.54) is 6.33 Å². The molecular formula is C9H13FN4. The Labute approximate surface area is 81.7 Å². The van der Waals surface area contributed by atoms with Crippen molar-refractivity contribution in [1.29, 1.82) is 0 Å². The first-order chi connectivity index (χ1) is 6.83. The van der Waals surface area contributed by atoms with Crippen LogP contribution in [-0.2, 0) is 0 Å². The van der Waals surface area contributed by atoms with E-state index >= 15 is 0 Å². The second kappa shape index (κ2) is 3.88. The highest BCUT2D eigenvalue weighted by molar-refractivity contribution is 5.39. The van der Waals surface area contributed by atoms with Crippen molar-refractivity contribution in [2.45, 2.75) is 18.8 Å². The van der Waals surface area contributed by atoms with Crippen LogP contribution in [0, 0.1) is 5.82 Å². The first kappa shape index (κ1) is 9.33. The molecule has 2 rings (SSSR count). The van der Waals surface area contributed by atoms with Gasteiger partial charge in [-0.05, 0) is 12.8 Å². The number of hydrogen-bond acceptors (Lipinski definition) is 4. The predicted octanol–water partition coefficient (Wildman–Crippen LogP) is 0.864. The zero-order valence-corrected chi connectivity index (χ0v) is 7.83. The Morgan fingerprint density at radius 1 is 1.50 bits per heavy atom. The van der Waals surface area contributed by atoms with Crippen LogP contribution in [-0.4, -0.2) is 23.1 Å². The quantitative estimate of drug-likeness (QED) is 0.749. The summed E-state index contributed by atoms with van der Waals surface area (Å²) in [5.41, 5.74) is 5.85. The zero-order valence-electron chi connectivity index (χ0n) is 7.83. The fraction of sp³-hybridized carbons (Fsp3) is 0.556. The number of rotatable bonds is 4. The van der Waals surface area contributed by atoms with Crippen molar-refractivity contribution in [3.63, 3.8) is 0 Å². The molecule has 1 saturated carbocycles. The van der Waals surface area contributed by atoms with Gasteiger partial charge >= 0.3 is 0 Å². The standard InChI is InChI=1S/C9H13FN4/c10-7-8(6-1-2-6)13-5-14-9(7)12-4-3-11/h5-6H,1-4,11H2,(H,12,13,14). The lowest BCUT2D eigenvalue weighted by Gasteiger charge is -2.06. The van der Waals surface area contributed by atoms with Gasteiger partial charge in [-0.15, -0.1) is 0 Å². The van der Waals surface area contributed by atoms with E-state index in [2.05, 4.69) is 15.3 Å². The fourth-order valence-electron chi connectivity index (χ4n) is 1.34. The molecule has 4 nitrogen and oxygen atoms in total. The Balaban J connectivity index is 2.18. The summed E-state index contributed by atoms with van der Waals surface area (Å²) in [4.78, 5) is 7.79. The third kappa shape index (κ3) is 1.82. The summed E-state index contributed by atoms with van der Waals surface area (Å²) in [5.74, 6) is 0.257. The second-order valence-electron chi connectivity index (χ2n) is 3.41. The van der Waals surface area contributed by atoms with Crippen molar-refractivity contribution in [3.05, 3.63) is 17.8 Å². The van der Waals surface area contributed by atoms with Crippen molar-refractivity contribution in [2.24, 2.45) is 5.73 Å². The second-order valence-corrected chi connectivity index (χ2v) is 3.41. The fourth-order valence-corrected chi connectivity index (χ4v) is 1.34. The van der Waals surface area contributed by atoms with E-state index in [1.54, 1.807) is 0 Å². The average Bonchev–Trinajstić information content (AvgIpc) is 3.00. The number of nitrogens with zero attached hydrogens (tertiary/aromatic N) is 2. The van der Waals surface area contributed by atoms with Crippen LogP contribution in [0.5, 0.6) is 0 Å². The minimum absolute atomic E-state index is 0.271. The van der Waals surface area contributed by atoms with Crippen molar-refractivity contribution < 1.29 is 4.39 Å². The molecule has 0 spiro atoms. The molecule has 1 aromatic rings. The molecule has 14 heavy (non-hydrogen) atoms. The number of hydrogen-bond donors (Lipinski definition) is 2. The van der Waals surface area contributed by atoms with Crippen molar-refractivity contribution >= 4 is 5.82 Å². The number of halogens is 1. The van der Waals surface area contributed by atoms with Crippen LogP contribution in [0.25, 0.3) is 0 Å². The summed E-state index contributed by atoms with van der Waals surface area (Å²) >= 11 is 0. The summed E-state index contributed by atoms with van der Waals surface area (Å²) in [6.45, 7) is 0.986. The van der Waals surface area contributed by atoms with Crippen LogP contribution < -0.4 is 11.1 Å². The third-order valence-corrected chi connectivity index (χ3v) is 2.22. The van der Waals surface area contributed by atoms with Gasteiger partial charge in [0.2, 0.25) is 0 Å². The van der Waals surface area contributed by atoms with Crippen LogP contribution in [0.2, 0.25) is 0 Å². The van der Waals surface area contributed by atoms with E-state index in [0.29, 0.717) is 24.7 Å². The highest BCUT2D eigenvalue weighted by Gasteiger charge is 2.29. The lowest BCUT2D eigenvalue weighted by molar-refractivity contribution is 0.595. The van der Waals surface area contributed by atoms with Gasteiger partial charge in [-0.2, -0.15) is 0 Å². The molecule has 0 unspecified atom stereocenters. The van der Waals surface area contributed by atoms with E-state index in [9.17, 15) is 4.39 Å². The normalized spacial score (nSPS) is 15.6. The molecule has 0 atom stereocenters. The largest absolute Gasteiger partial charge is 0.366 e. The first-order valence-electron chi connectivity index (χ1n) is 4.77. The van der Waals surface area contributed by atoms with E-state index in [4.69, 9.17) is 5.73 Å². The summed E-state index contributed by atoms with van der Waals surface area (Å²) in [6.07, 6.45) is 3.46. The smallest absolute Gasteiger partial charge is 0.187 e. The molecule has 0 radical (unpaired) electrons. The maximum atomic E-state index is 13.7. The maximum Gasteiger partial charge on any atom is 0.187 e. The minimum atomic E-state index is -0.316. The molecule has 1 aliphatic carbocycles. The van der Waals surface area contributed by atoms with Gasteiger partial charge in [-0.1, -0.05) is 0 Å². The monoisotopic (exact) mass is 196 g/mol. The molecule has 76 valence electrons. The molecule has 1 heterocycles. The molecule has 1 aromatic heterocycles. The molecule has 0 aromatic carbocycles. The van der Waals surface area contributed by atoms with E-state index in [-0.39, 0.29) is 11.6 Å². The Morgan fingerprint density at radius 3 is 2.93 bits per heavy atom. The van der Waals surface area contributed by atoms with Crippen LogP contribution in [0.1, 0.15) is 24.5 Å². The topological polar surface area (TPSA) is 63.8 Å². The number of nitrogens with two attached hydrogens (primary N) is 1. The summed E-state index contributed by atoms with van der Waals surface area (Å²) < 4.78 is 13.7. The average molecular weight is 196 g/mol. The maximum absolute atomic E-state index is 13.7. The van der Waals surface area contributed by atoms with Crippen LogP contribution in [0.3, 0.4) is 0 Å². The Bertz CT molecular complexity index is 325. The Morgan fingerprint density at radius 2 is 2.29 bits per heavy atom. The van der Waals surface area contributed by atoms with Gasteiger partial charge in [-0.3, -0.25) is 0 Å². The molecule has 5 heteroatoms. The minimum Gasteiger partial charge on any atom is -0.366 e. The van der Waals surface area contributed by atoms with E-state index in [1.807, 2.05) is 0 Å². The number of anilines is 1. The van der Waals surface area contributed by atoms with Gasteiger partial charge < -0.3 is 11.1 Å². The molecule has 0 bridgehead atoms. The van der Waals surface area contributed by atoms with Gasteiger partial charge in [0.05, 0.1) is 5.69 Å². The summed E-state index contributed by atoms with van der Waals surface area (Å²) in [6, 6.07) is 0. The predicted molar refractivity (Wildman–Crippen MR) is 51.5 cm³/mol. The number of aromatic nitrogens is 2. The zero-order chi connectivity index (χ0) is 9.97. The molecule has 0 aliphatic heterocycles. The summed E-state index contributed by atoms with van der Waals surface area (Å²) in [7, 11) is 0. The number of nitrogens with one attached hydrogen (secondary N) is 1. The van der Waals surface area contributed by atoms with Crippen molar-refractivity contribution in [1.82, 2.24) is 9.97 Å². The van der Waals surface area contributed by atoms with E-state index in [0.717, 1.165) is 12.8 Å². The molecule has 0 amide bonds. The van der Waals surface area contributed by atoms with Crippen LogP contribution in [0.4, 0.5) is 10.2 Å². The molecule has 3 N–H and O–H groups in total. The van der Waals surface area contributed by atoms with Gasteiger partial charge in [0.15, 0.2) is 11.6 Å². The SMILES string of the molecule is NCCNc1ncnc(C2CC2)c1F. The van der Waals surface area contributed by atoms with Gasteiger partial charge in [0.1, 0.15) is 6.33 Å². The van der Waals surface area contributed by atoms with Crippen LogP contribution in [0.15, 0.2) is 6.33 Å². The lowest BCUT2D eigenvalue weighted by Crippen LogP contribution is -2.15. The highest BCUT2D eigenvalue weighted by atomic mass is 19.1. The van der Waals surface area contributed by atoms with Crippen molar-refractivity contribution in [3.8, 4) is 0 Å². The lowest BCUT2D eigenvalue weighted by atomic mass is 10.2.